The van der Waals surface area contributed by atoms with Gasteiger partial charge in [0, 0.05) is 0 Å². The van der Waals surface area contributed by atoms with Crippen molar-refractivity contribution in [3.8, 4) is 0 Å². The summed E-state index contributed by atoms with van der Waals surface area (Å²) in [4.78, 5) is 41.4. The molecule has 130 valence electrons. The summed E-state index contributed by atoms with van der Waals surface area (Å²) in [6, 6.07) is 0. The Labute approximate surface area is 129 Å². The third kappa shape index (κ3) is 2.32. The zero-order chi connectivity index (χ0) is 18.3. The monoisotopic (exact) mass is 348 g/mol. The highest BCUT2D eigenvalue weighted by molar-refractivity contribution is 5.31. The van der Waals surface area contributed by atoms with Crippen LogP contribution in [0.15, 0.2) is 23.8 Å². The van der Waals surface area contributed by atoms with Crippen molar-refractivity contribution in [3.63, 3.8) is 0 Å². The van der Waals surface area contributed by atoms with Crippen molar-refractivity contribution in [1.82, 2.24) is 20.0 Å². The molecule has 0 fully saturated rings. The van der Waals surface area contributed by atoms with Crippen molar-refractivity contribution in [2.45, 2.75) is 12.6 Å². The van der Waals surface area contributed by atoms with Gasteiger partial charge in [0.05, 0.1) is 9.85 Å². The van der Waals surface area contributed by atoms with E-state index in [4.69, 9.17) is 11.7 Å². The number of nitrogens with two attached hydrogens (primary N) is 2. The number of rotatable bonds is 5. The Kier molecular flexibility index (Phi) is 3.75. The molecule has 0 saturated carbocycles. The van der Waals surface area contributed by atoms with E-state index in [1.807, 2.05) is 0 Å². The van der Waals surface area contributed by atoms with Gasteiger partial charge in [0.15, 0.2) is 10.1 Å². The van der Waals surface area contributed by atoms with Crippen molar-refractivity contribution in [2.24, 2.45) is 11.7 Å². The lowest BCUT2D eigenvalue weighted by Crippen LogP contribution is -2.53. The van der Waals surface area contributed by atoms with Gasteiger partial charge in [-0.3, -0.25) is 20.2 Å². The van der Waals surface area contributed by atoms with Crippen molar-refractivity contribution >= 4 is 0 Å². The van der Waals surface area contributed by atoms with Crippen LogP contribution in [0.2, 0.25) is 0 Å². The van der Waals surface area contributed by atoms with Crippen LogP contribution in [0.1, 0.15) is 0 Å². The summed E-state index contributed by atoms with van der Waals surface area (Å²) in [6.45, 7) is 0. The standard InChI is InChI=1S/C6H8N10O8/c7-11-3(1-9(15(21)22)5(11)13(17)18)4-2-10(16(23)24)6(12(4)8)14(19)20/h1-2,5-6H,7-8H2. The van der Waals surface area contributed by atoms with Gasteiger partial charge >= 0.3 is 12.6 Å². The van der Waals surface area contributed by atoms with Crippen molar-refractivity contribution in [3.05, 3.63) is 64.3 Å². The molecule has 18 heteroatoms. The first-order chi connectivity index (χ1) is 11.1. The molecule has 0 spiro atoms. The molecule has 0 aromatic carbocycles. The van der Waals surface area contributed by atoms with E-state index in [-0.39, 0.29) is 10.0 Å². The van der Waals surface area contributed by atoms with E-state index >= 15 is 0 Å². The van der Waals surface area contributed by atoms with E-state index in [0.717, 1.165) is 0 Å². The number of nitrogens with zero attached hydrogens (tertiary/aromatic N) is 8. The molecular formula is C6H8N10O8. The van der Waals surface area contributed by atoms with E-state index in [0.29, 0.717) is 22.4 Å². The van der Waals surface area contributed by atoms with Crippen LogP contribution < -0.4 is 11.7 Å². The minimum atomic E-state index is -2.16. The highest BCUT2D eigenvalue weighted by Crippen LogP contribution is 2.31. The molecule has 18 nitrogen and oxygen atoms in total. The molecule has 2 rings (SSSR count). The maximum Gasteiger partial charge on any atom is 0.434 e. The summed E-state index contributed by atoms with van der Waals surface area (Å²) in [5.74, 6) is 10.9. The zero-order valence-corrected chi connectivity index (χ0v) is 11.3. The highest BCUT2D eigenvalue weighted by atomic mass is 16.7. The van der Waals surface area contributed by atoms with Crippen LogP contribution in [0.5, 0.6) is 0 Å². The van der Waals surface area contributed by atoms with Crippen molar-refractivity contribution in [1.29, 1.82) is 0 Å². The SMILES string of the molecule is NN1C(C2=CN([N+](=O)[O-])C([N+](=O)[O-])N2N)=CN([N+](=O)[O-])C1[N+](=O)[O-]. The Morgan fingerprint density at radius 1 is 0.750 bits per heavy atom. The van der Waals surface area contributed by atoms with Crippen LogP contribution in [0, 0.1) is 40.5 Å². The Balaban J connectivity index is 2.47. The zero-order valence-electron chi connectivity index (χ0n) is 11.3. The van der Waals surface area contributed by atoms with Gasteiger partial charge in [-0.05, 0) is 10.0 Å². The van der Waals surface area contributed by atoms with Gasteiger partial charge in [0.25, 0.3) is 0 Å². The second-order valence-electron chi connectivity index (χ2n) is 4.34. The van der Waals surface area contributed by atoms with Gasteiger partial charge in [0.2, 0.25) is 0 Å². The van der Waals surface area contributed by atoms with Crippen LogP contribution in [-0.4, -0.2) is 52.5 Å². The number of nitro groups is 4. The van der Waals surface area contributed by atoms with Crippen LogP contribution >= 0.6 is 0 Å². The normalized spacial score (nSPS) is 23.2. The summed E-state index contributed by atoms with van der Waals surface area (Å²) in [6.07, 6.45) is -3.16. The Morgan fingerprint density at radius 2 is 1.04 bits per heavy atom. The third-order valence-electron chi connectivity index (χ3n) is 3.05. The van der Waals surface area contributed by atoms with Gasteiger partial charge < -0.3 is 0 Å². The number of hydrazine groups is 4. The molecule has 2 aliphatic heterocycles. The lowest BCUT2D eigenvalue weighted by atomic mass is 10.3. The van der Waals surface area contributed by atoms with Crippen LogP contribution in [-0.2, 0) is 0 Å². The molecule has 0 radical (unpaired) electrons. The van der Waals surface area contributed by atoms with Gasteiger partial charge in [-0.2, -0.15) is 0 Å². The summed E-state index contributed by atoms with van der Waals surface area (Å²) in [5.41, 5.74) is -0.987. The molecule has 0 amide bonds. The Morgan fingerprint density at radius 3 is 1.21 bits per heavy atom. The van der Waals surface area contributed by atoms with E-state index in [1.165, 1.54) is 0 Å². The van der Waals surface area contributed by atoms with E-state index in [9.17, 15) is 40.5 Å². The van der Waals surface area contributed by atoms with Gasteiger partial charge in [-0.1, -0.05) is 0 Å². The van der Waals surface area contributed by atoms with E-state index in [2.05, 4.69) is 0 Å². The molecule has 4 N–H and O–H groups in total. The fraction of sp³-hybridized carbons (Fsp3) is 0.333. The summed E-state index contributed by atoms with van der Waals surface area (Å²) >= 11 is 0. The average molecular weight is 348 g/mol. The topological polar surface area (TPSA) is 238 Å². The van der Waals surface area contributed by atoms with Gasteiger partial charge in [-0.15, -0.1) is 0 Å². The third-order valence-corrected chi connectivity index (χ3v) is 3.05. The predicted molar refractivity (Wildman–Crippen MR) is 67.5 cm³/mol. The molecule has 24 heavy (non-hydrogen) atoms. The molecule has 0 aliphatic carbocycles. The van der Waals surface area contributed by atoms with Crippen molar-refractivity contribution < 1.29 is 19.9 Å². The fourth-order valence-corrected chi connectivity index (χ4v) is 2.08. The minimum Gasteiger partial charge on any atom is -0.260 e. The molecule has 2 atom stereocenters. The molecule has 0 aromatic heterocycles. The summed E-state index contributed by atoms with van der Waals surface area (Å²) < 4.78 is 0. The molecule has 2 aliphatic rings. The van der Waals surface area contributed by atoms with Crippen LogP contribution in [0.25, 0.3) is 0 Å². The number of hydrogen-bond acceptors (Lipinski definition) is 12. The second-order valence-corrected chi connectivity index (χ2v) is 4.34. The van der Waals surface area contributed by atoms with E-state index in [1.54, 1.807) is 0 Å². The molecule has 0 saturated heterocycles. The second kappa shape index (κ2) is 5.44. The maximum absolute atomic E-state index is 10.9. The molecule has 2 heterocycles. The predicted octanol–water partition coefficient (Wildman–Crippen LogP) is -2.84. The summed E-state index contributed by atoms with van der Waals surface area (Å²) in [5, 5.41) is 41.9. The lowest BCUT2D eigenvalue weighted by Gasteiger charge is -2.21. The highest BCUT2D eigenvalue weighted by Gasteiger charge is 2.54. The Bertz CT molecular complexity index is 631. The molecule has 0 aromatic rings. The minimum absolute atomic E-state index is 0.0139. The molecule has 0 bridgehead atoms. The first-order valence-electron chi connectivity index (χ1n) is 5.72. The van der Waals surface area contributed by atoms with Crippen molar-refractivity contribution in [2.75, 3.05) is 0 Å². The fourth-order valence-electron chi connectivity index (χ4n) is 2.08. The smallest absolute Gasteiger partial charge is 0.260 e. The average Bonchev–Trinajstić information content (AvgIpc) is 2.96. The lowest BCUT2D eigenvalue weighted by molar-refractivity contribution is -0.727. The largest absolute Gasteiger partial charge is 0.434 e. The molecule has 2 unspecified atom stereocenters. The number of hydrogen-bond donors (Lipinski definition) is 2. The van der Waals surface area contributed by atoms with Gasteiger partial charge in [-0.25, -0.2) is 41.9 Å². The first kappa shape index (κ1) is 16.6. The maximum atomic E-state index is 10.9. The van der Waals surface area contributed by atoms with E-state index < -0.39 is 43.9 Å². The molecular weight excluding hydrogens is 340 g/mol. The van der Waals surface area contributed by atoms with Crippen LogP contribution in [0.3, 0.4) is 0 Å². The first-order valence-corrected chi connectivity index (χ1v) is 5.72. The van der Waals surface area contributed by atoms with Crippen LogP contribution in [0.4, 0.5) is 0 Å². The van der Waals surface area contributed by atoms with Gasteiger partial charge in [0.1, 0.15) is 23.8 Å². The Hall–Kier alpha value is -3.80. The quantitative estimate of drug-likeness (QED) is 0.289. The summed E-state index contributed by atoms with van der Waals surface area (Å²) in [7, 11) is 0.